The van der Waals surface area contributed by atoms with Crippen molar-refractivity contribution in [2.75, 3.05) is 6.61 Å². The van der Waals surface area contributed by atoms with Crippen molar-refractivity contribution in [1.82, 2.24) is 16.0 Å². The predicted molar refractivity (Wildman–Crippen MR) is 146 cm³/mol. The van der Waals surface area contributed by atoms with Crippen LogP contribution in [0.3, 0.4) is 0 Å². The van der Waals surface area contributed by atoms with Crippen molar-refractivity contribution in [3.8, 4) is 16.9 Å². The van der Waals surface area contributed by atoms with Gasteiger partial charge in [0.1, 0.15) is 24.6 Å². The molecule has 0 saturated heterocycles. The number of hydrogen-bond donors (Lipinski definition) is 5. The molecule has 0 radical (unpaired) electrons. The second-order valence-corrected chi connectivity index (χ2v) is 9.71. The van der Waals surface area contributed by atoms with E-state index in [1.54, 1.807) is 12.1 Å². The van der Waals surface area contributed by atoms with Gasteiger partial charge in [0.15, 0.2) is 0 Å². The van der Waals surface area contributed by atoms with E-state index in [1.807, 2.05) is 50.2 Å². The minimum absolute atomic E-state index is 0.0246. The van der Waals surface area contributed by atoms with E-state index in [4.69, 9.17) is 4.74 Å². The molecular formula is C30H33N3O6. The first-order chi connectivity index (χ1) is 18.8. The van der Waals surface area contributed by atoms with E-state index < -0.39 is 30.3 Å². The summed E-state index contributed by atoms with van der Waals surface area (Å²) < 4.78 is 5.62. The number of aliphatic carboxylic acids is 1. The van der Waals surface area contributed by atoms with Gasteiger partial charge in [0.25, 0.3) is 0 Å². The summed E-state index contributed by atoms with van der Waals surface area (Å²) in [4.78, 5) is 37.3. The highest BCUT2D eigenvalue weighted by molar-refractivity contribution is 5.83. The molecule has 0 unspecified atom stereocenters. The van der Waals surface area contributed by atoms with Gasteiger partial charge in [-0.15, -0.1) is 0 Å². The summed E-state index contributed by atoms with van der Waals surface area (Å²) in [6.07, 6.45) is -0.795. The zero-order valence-corrected chi connectivity index (χ0v) is 21.9. The maximum absolute atomic E-state index is 12.8. The Morgan fingerprint density at radius 2 is 1.46 bits per heavy atom. The van der Waals surface area contributed by atoms with E-state index in [-0.39, 0.29) is 30.6 Å². The highest BCUT2D eigenvalue weighted by Gasteiger charge is 2.30. The molecule has 4 rings (SSSR count). The van der Waals surface area contributed by atoms with Crippen molar-refractivity contribution in [3.63, 3.8) is 0 Å². The van der Waals surface area contributed by atoms with Crippen molar-refractivity contribution in [1.29, 1.82) is 0 Å². The Bertz CT molecular complexity index is 1280. The number of rotatable bonds is 10. The SMILES string of the molecule is CC[C@@H](C)[C@@H](NC(=O)N[C@@H](Cc1ccc(O)cc1)C(=O)O)NC(=O)OCC1c2ccccc2-c2ccccc21. The minimum atomic E-state index is -1.21. The molecule has 3 atom stereocenters. The standard InChI is InChI=1S/C30H33N3O6/c1-3-18(2)27(32-29(37)31-26(28(35)36)16-19-12-14-20(34)15-13-19)33-30(38)39-17-25-23-10-6-4-8-21(23)22-9-5-7-11-24(22)25/h4-15,18,25-27,34H,3,16-17H2,1-2H3,(H,33,38)(H,35,36)(H2,31,32,37)/t18-,26+,27+/m1/s1. The molecule has 1 aliphatic carbocycles. The van der Waals surface area contributed by atoms with Gasteiger partial charge < -0.3 is 30.9 Å². The Labute approximate surface area is 227 Å². The molecule has 3 amide bonds. The van der Waals surface area contributed by atoms with Crippen LogP contribution in [-0.2, 0) is 16.0 Å². The molecule has 0 spiro atoms. The fraction of sp³-hybridized carbons (Fsp3) is 0.300. The summed E-state index contributed by atoms with van der Waals surface area (Å²) in [5.41, 5.74) is 5.07. The number of alkyl carbamates (subject to hydrolysis) is 1. The lowest BCUT2D eigenvalue weighted by Gasteiger charge is -2.26. The van der Waals surface area contributed by atoms with Crippen LogP contribution in [0.15, 0.2) is 72.8 Å². The first kappa shape index (κ1) is 27.5. The summed E-state index contributed by atoms with van der Waals surface area (Å²) in [5, 5.41) is 26.9. The predicted octanol–water partition coefficient (Wildman–Crippen LogP) is 4.60. The van der Waals surface area contributed by atoms with Crippen molar-refractivity contribution in [2.24, 2.45) is 5.92 Å². The van der Waals surface area contributed by atoms with Gasteiger partial charge in [-0.3, -0.25) is 0 Å². The highest BCUT2D eigenvalue weighted by Crippen LogP contribution is 2.44. The van der Waals surface area contributed by atoms with E-state index in [0.29, 0.717) is 12.0 Å². The maximum Gasteiger partial charge on any atom is 0.408 e. The Balaban J connectivity index is 1.36. The number of fused-ring (bicyclic) bond motifs is 3. The number of urea groups is 1. The number of carbonyl (C=O) groups excluding carboxylic acids is 2. The minimum Gasteiger partial charge on any atom is -0.508 e. The number of phenolic OH excluding ortho intramolecular Hbond substituents is 1. The van der Waals surface area contributed by atoms with E-state index in [2.05, 4.69) is 28.1 Å². The first-order valence-electron chi connectivity index (χ1n) is 13.0. The molecule has 39 heavy (non-hydrogen) atoms. The zero-order valence-electron chi connectivity index (χ0n) is 21.9. The average molecular weight is 532 g/mol. The van der Waals surface area contributed by atoms with Crippen LogP contribution in [0, 0.1) is 5.92 Å². The van der Waals surface area contributed by atoms with Crippen LogP contribution in [0.25, 0.3) is 11.1 Å². The Morgan fingerprint density at radius 3 is 2.03 bits per heavy atom. The molecule has 0 bridgehead atoms. The van der Waals surface area contributed by atoms with Crippen molar-refractivity contribution >= 4 is 18.1 Å². The fourth-order valence-electron chi connectivity index (χ4n) is 4.73. The average Bonchev–Trinajstić information content (AvgIpc) is 3.25. The highest BCUT2D eigenvalue weighted by atomic mass is 16.5. The monoisotopic (exact) mass is 531 g/mol. The van der Waals surface area contributed by atoms with Gasteiger partial charge in [-0.05, 0) is 52.3 Å². The zero-order chi connectivity index (χ0) is 27.9. The van der Waals surface area contributed by atoms with Gasteiger partial charge in [0.05, 0.1) is 0 Å². The van der Waals surface area contributed by atoms with Crippen molar-refractivity contribution in [3.05, 3.63) is 89.5 Å². The molecule has 3 aromatic carbocycles. The summed E-state index contributed by atoms with van der Waals surface area (Å²) in [7, 11) is 0. The molecule has 9 nitrogen and oxygen atoms in total. The number of benzene rings is 3. The van der Waals surface area contributed by atoms with Gasteiger partial charge in [-0.25, -0.2) is 14.4 Å². The lowest BCUT2D eigenvalue weighted by atomic mass is 9.98. The van der Waals surface area contributed by atoms with E-state index in [9.17, 15) is 24.6 Å². The fourth-order valence-corrected chi connectivity index (χ4v) is 4.73. The number of carbonyl (C=O) groups is 3. The van der Waals surface area contributed by atoms with Crippen LogP contribution in [0.5, 0.6) is 5.75 Å². The summed E-state index contributed by atoms with van der Waals surface area (Å²) >= 11 is 0. The van der Waals surface area contributed by atoms with Gasteiger partial charge in [-0.2, -0.15) is 0 Å². The van der Waals surface area contributed by atoms with E-state index in [0.717, 1.165) is 22.3 Å². The maximum atomic E-state index is 12.8. The van der Waals surface area contributed by atoms with Crippen LogP contribution in [-0.4, -0.2) is 47.1 Å². The molecule has 9 heteroatoms. The third-order valence-corrected chi connectivity index (χ3v) is 7.10. The molecule has 3 aromatic rings. The molecule has 0 aromatic heterocycles. The molecule has 5 N–H and O–H groups in total. The number of carboxylic acids is 1. The van der Waals surface area contributed by atoms with Crippen LogP contribution in [0.4, 0.5) is 9.59 Å². The molecule has 0 heterocycles. The van der Waals surface area contributed by atoms with Gasteiger partial charge in [-0.1, -0.05) is 74.5 Å². The van der Waals surface area contributed by atoms with Gasteiger partial charge in [0.2, 0.25) is 0 Å². The second kappa shape index (κ2) is 12.3. The Hall–Kier alpha value is -4.53. The first-order valence-corrected chi connectivity index (χ1v) is 13.0. The van der Waals surface area contributed by atoms with Crippen LogP contribution in [0.2, 0.25) is 0 Å². The van der Waals surface area contributed by atoms with Crippen molar-refractivity contribution in [2.45, 2.75) is 44.8 Å². The molecule has 0 fully saturated rings. The topological polar surface area (TPSA) is 137 Å². The number of hydrogen-bond acceptors (Lipinski definition) is 5. The third kappa shape index (κ3) is 6.67. The smallest absolute Gasteiger partial charge is 0.408 e. The summed E-state index contributed by atoms with van der Waals surface area (Å²) in [6.45, 7) is 3.91. The number of nitrogens with one attached hydrogen (secondary N) is 3. The Kier molecular flexibility index (Phi) is 8.70. The van der Waals surface area contributed by atoms with Crippen LogP contribution in [0.1, 0.15) is 42.9 Å². The van der Waals surface area contributed by atoms with Crippen molar-refractivity contribution < 1.29 is 29.3 Å². The number of ether oxygens (including phenoxy) is 1. The normalized spacial score (nSPS) is 14.3. The molecule has 1 aliphatic rings. The third-order valence-electron chi connectivity index (χ3n) is 7.10. The molecular weight excluding hydrogens is 498 g/mol. The number of aromatic hydroxyl groups is 1. The lowest BCUT2D eigenvalue weighted by molar-refractivity contribution is -0.139. The van der Waals surface area contributed by atoms with E-state index in [1.165, 1.54) is 12.1 Å². The molecule has 0 saturated carbocycles. The van der Waals surface area contributed by atoms with Crippen LogP contribution < -0.4 is 16.0 Å². The second-order valence-electron chi connectivity index (χ2n) is 9.71. The summed E-state index contributed by atoms with van der Waals surface area (Å²) in [6, 6.07) is 20.2. The molecule has 204 valence electrons. The number of phenols is 1. The number of carboxylic acid groups (broad SMARTS) is 1. The lowest BCUT2D eigenvalue weighted by Crippen LogP contribution is -2.57. The largest absolute Gasteiger partial charge is 0.508 e. The van der Waals surface area contributed by atoms with Crippen LogP contribution >= 0.6 is 0 Å². The van der Waals surface area contributed by atoms with Gasteiger partial charge >= 0.3 is 18.1 Å². The van der Waals surface area contributed by atoms with E-state index >= 15 is 0 Å². The quantitative estimate of drug-likeness (QED) is 0.243. The number of amides is 3. The van der Waals surface area contributed by atoms with Gasteiger partial charge in [0, 0.05) is 12.3 Å². The Morgan fingerprint density at radius 1 is 0.872 bits per heavy atom. The summed E-state index contributed by atoms with van der Waals surface area (Å²) in [5.74, 6) is -1.40. The molecule has 0 aliphatic heterocycles.